The van der Waals surface area contributed by atoms with E-state index in [1.54, 1.807) is 4.90 Å². The van der Waals surface area contributed by atoms with Gasteiger partial charge in [-0.15, -0.1) is 0 Å². The fraction of sp³-hybridized carbons (Fsp3) is 0.556. The smallest absolute Gasteiger partial charge is 0.342 e. The lowest BCUT2D eigenvalue weighted by Crippen LogP contribution is -2.48. The number of amides is 2. The fourth-order valence-corrected chi connectivity index (χ4v) is 2.59. The third-order valence-electron chi connectivity index (χ3n) is 3.92. The first-order chi connectivity index (χ1) is 11.9. The zero-order valence-electron chi connectivity index (χ0n) is 15.3. The molecule has 0 fully saturated rings. The van der Waals surface area contributed by atoms with Crippen LogP contribution < -0.4 is 5.32 Å². The molecule has 0 spiro atoms. The van der Waals surface area contributed by atoms with E-state index >= 15 is 0 Å². The Morgan fingerprint density at radius 1 is 1.12 bits per heavy atom. The number of benzene rings is 1. The van der Waals surface area contributed by atoms with Crippen molar-refractivity contribution in [2.75, 3.05) is 18.4 Å². The van der Waals surface area contributed by atoms with Gasteiger partial charge in [0.2, 0.25) is 11.8 Å². The van der Waals surface area contributed by atoms with Crippen LogP contribution in [-0.2, 0) is 15.8 Å². The number of carbonyl (C=O) groups excluding carboxylic acids is 2. The average molecular weight is 393 g/mol. The maximum atomic E-state index is 12.9. The third kappa shape index (κ3) is 5.37. The normalized spacial score (nSPS) is 12.0. The molecule has 0 aliphatic carbocycles. The molecule has 1 rings (SSSR count). The van der Waals surface area contributed by atoms with Crippen molar-refractivity contribution in [3.05, 3.63) is 28.8 Å². The maximum Gasteiger partial charge on any atom is 0.416 e. The molecule has 0 bridgehead atoms. The number of hydrogen-bond donors (Lipinski definition) is 1. The Balaban J connectivity index is 3.06. The van der Waals surface area contributed by atoms with Gasteiger partial charge >= 0.3 is 6.18 Å². The molecular formula is C18H24ClF3N2O2. The highest BCUT2D eigenvalue weighted by Crippen LogP contribution is 2.34. The Labute approximate surface area is 156 Å². The van der Waals surface area contributed by atoms with Crippen molar-refractivity contribution < 1.29 is 22.8 Å². The quantitative estimate of drug-likeness (QED) is 0.666. The summed E-state index contributed by atoms with van der Waals surface area (Å²) in [7, 11) is 0. The van der Waals surface area contributed by atoms with E-state index in [1.165, 1.54) is 13.8 Å². The van der Waals surface area contributed by atoms with Crippen LogP contribution in [0.25, 0.3) is 0 Å². The van der Waals surface area contributed by atoms with E-state index in [1.807, 2.05) is 13.8 Å². The molecule has 0 saturated heterocycles. The molecule has 26 heavy (non-hydrogen) atoms. The minimum absolute atomic E-state index is 0.0337. The summed E-state index contributed by atoms with van der Waals surface area (Å²) in [6.07, 6.45) is -3.08. The molecule has 8 heteroatoms. The van der Waals surface area contributed by atoms with E-state index in [-0.39, 0.29) is 16.6 Å². The van der Waals surface area contributed by atoms with Crippen molar-refractivity contribution in [3.63, 3.8) is 0 Å². The van der Waals surface area contributed by atoms with Crippen molar-refractivity contribution in [2.45, 2.75) is 46.7 Å². The van der Waals surface area contributed by atoms with E-state index in [4.69, 9.17) is 11.6 Å². The van der Waals surface area contributed by atoms with E-state index in [9.17, 15) is 22.8 Å². The van der Waals surface area contributed by atoms with Crippen LogP contribution >= 0.6 is 11.6 Å². The van der Waals surface area contributed by atoms with Gasteiger partial charge in [-0.05, 0) is 44.9 Å². The highest BCUT2D eigenvalue weighted by molar-refractivity contribution is 6.34. The van der Waals surface area contributed by atoms with Crippen molar-refractivity contribution in [1.29, 1.82) is 0 Å². The molecular weight excluding hydrogens is 369 g/mol. The zero-order valence-corrected chi connectivity index (χ0v) is 16.1. The van der Waals surface area contributed by atoms with Gasteiger partial charge in [-0.3, -0.25) is 9.59 Å². The van der Waals surface area contributed by atoms with Crippen LogP contribution in [0.3, 0.4) is 0 Å². The molecule has 4 nitrogen and oxygen atoms in total. The second-order valence-corrected chi connectivity index (χ2v) is 6.97. The second-order valence-electron chi connectivity index (χ2n) is 6.56. The summed E-state index contributed by atoms with van der Waals surface area (Å²) in [5.74, 6) is -1.08. The number of nitrogens with zero attached hydrogens (tertiary/aromatic N) is 1. The molecule has 1 aromatic carbocycles. The molecule has 1 N–H and O–H groups in total. The summed E-state index contributed by atoms with van der Waals surface area (Å²) in [5.41, 5.74) is -2.55. The van der Waals surface area contributed by atoms with Crippen molar-refractivity contribution >= 4 is 29.1 Å². The Morgan fingerprint density at radius 3 is 2.12 bits per heavy atom. The van der Waals surface area contributed by atoms with E-state index in [0.717, 1.165) is 31.0 Å². The van der Waals surface area contributed by atoms with Crippen LogP contribution in [0.4, 0.5) is 18.9 Å². The fourth-order valence-electron chi connectivity index (χ4n) is 2.42. The SMILES string of the molecule is CCCN(CCC)C(=O)C(C)(C)C(=O)Nc1cc(C(F)(F)F)ccc1Cl. The number of alkyl halides is 3. The van der Waals surface area contributed by atoms with Crippen molar-refractivity contribution in [2.24, 2.45) is 5.41 Å². The van der Waals surface area contributed by atoms with Gasteiger partial charge in [-0.1, -0.05) is 25.4 Å². The topological polar surface area (TPSA) is 49.4 Å². The molecule has 0 saturated carbocycles. The van der Waals surface area contributed by atoms with Crippen molar-refractivity contribution in [3.8, 4) is 0 Å². The minimum atomic E-state index is -4.56. The monoisotopic (exact) mass is 392 g/mol. The lowest BCUT2D eigenvalue weighted by atomic mass is 9.89. The first-order valence-corrected chi connectivity index (χ1v) is 8.80. The van der Waals surface area contributed by atoms with Gasteiger partial charge in [0.25, 0.3) is 0 Å². The molecule has 0 radical (unpaired) electrons. The van der Waals surface area contributed by atoms with E-state index in [2.05, 4.69) is 5.32 Å². The van der Waals surface area contributed by atoms with Crippen LogP contribution in [0.15, 0.2) is 18.2 Å². The molecule has 1 aromatic rings. The Hall–Kier alpha value is -1.76. The molecule has 2 amide bonds. The summed E-state index contributed by atoms with van der Waals surface area (Å²) in [5, 5.41) is 2.33. The Bertz CT molecular complexity index is 654. The van der Waals surface area contributed by atoms with Crippen molar-refractivity contribution in [1.82, 2.24) is 4.90 Å². The van der Waals surface area contributed by atoms with Crippen LogP contribution in [0.1, 0.15) is 46.1 Å². The predicted octanol–water partition coefficient (Wildman–Crippen LogP) is 4.97. The molecule has 146 valence electrons. The number of carbonyl (C=O) groups is 2. The number of nitrogens with one attached hydrogen (secondary N) is 1. The van der Waals surface area contributed by atoms with Gasteiger partial charge in [0.05, 0.1) is 16.3 Å². The summed E-state index contributed by atoms with van der Waals surface area (Å²) < 4.78 is 38.6. The third-order valence-corrected chi connectivity index (χ3v) is 4.25. The van der Waals surface area contributed by atoms with Gasteiger partial charge in [-0.2, -0.15) is 13.2 Å². The predicted molar refractivity (Wildman–Crippen MR) is 96.0 cm³/mol. The largest absolute Gasteiger partial charge is 0.416 e. The first-order valence-electron chi connectivity index (χ1n) is 8.42. The highest BCUT2D eigenvalue weighted by atomic mass is 35.5. The highest BCUT2D eigenvalue weighted by Gasteiger charge is 2.39. The van der Waals surface area contributed by atoms with Crippen LogP contribution in [0.2, 0.25) is 5.02 Å². The number of halogens is 4. The standard InChI is InChI=1S/C18H24ClF3N2O2/c1-5-9-24(10-6-2)16(26)17(3,4)15(25)23-14-11-12(18(20,21)22)7-8-13(14)19/h7-8,11H,5-6,9-10H2,1-4H3,(H,23,25). The average Bonchev–Trinajstić information content (AvgIpc) is 2.54. The molecule has 0 heterocycles. The zero-order chi connectivity index (χ0) is 20.1. The maximum absolute atomic E-state index is 12.9. The van der Waals surface area contributed by atoms with E-state index in [0.29, 0.717) is 13.1 Å². The van der Waals surface area contributed by atoms with Gasteiger partial charge in [-0.25, -0.2) is 0 Å². The van der Waals surface area contributed by atoms with Crippen LogP contribution in [0.5, 0.6) is 0 Å². The molecule has 0 aliphatic heterocycles. The van der Waals surface area contributed by atoms with Gasteiger partial charge < -0.3 is 10.2 Å². The molecule has 0 aromatic heterocycles. The molecule has 0 aliphatic rings. The lowest BCUT2D eigenvalue weighted by Gasteiger charge is -2.31. The molecule has 0 unspecified atom stereocenters. The first kappa shape index (κ1) is 22.3. The minimum Gasteiger partial charge on any atom is -0.342 e. The summed E-state index contributed by atoms with van der Waals surface area (Å²) in [6.45, 7) is 7.76. The summed E-state index contributed by atoms with van der Waals surface area (Å²) in [6, 6.07) is 2.66. The number of hydrogen-bond acceptors (Lipinski definition) is 2. The van der Waals surface area contributed by atoms with Crippen LogP contribution in [0, 0.1) is 5.41 Å². The Morgan fingerprint density at radius 2 is 1.65 bits per heavy atom. The molecule has 0 atom stereocenters. The Kier molecular flexibility index (Phi) is 7.50. The van der Waals surface area contributed by atoms with Gasteiger partial charge in [0.1, 0.15) is 5.41 Å². The van der Waals surface area contributed by atoms with E-state index < -0.39 is 23.1 Å². The number of anilines is 1. The van der Waals surface area contributed by atoms with Gasteiger partial charge in [0.15, 0.2) is 0 Å². The summed E-state index contributed by atoms with van der Waals surface area (Å²) in [4.78, 5) is 26.9. The number of rotatable bonds is 7. The summed E-state index contributed by atoms with van der Waals surface area (Å²) >= 11 is 5.90. The second kappa shape index (κ2) is 8.75. The lowest BCUT2D eigenvalue weighted by molar-refractivity contribution is -0.146. The van der Waals surface area contributed by atoms with Gasteiger partial charge in [0, 0.05) is 13.1 Å². The van der Waals surface area contributed by atoms with Crippen LogP contribution in [-0.4, -0.2) is 29.8 Å².